The van der Waals surface area contributed by atoms with Gasteiger partial charge in [-0.2, -0.15) is 0 Å². The van der Waals surface area contributed by atoms with Gasteiger partial charge in [0.15, 0.2) is 23.4 Å². The van der Waals surface area contributed by atoms with E-state index in [0.29, 0.717) is 28.4 Å². The molecule has 2 amide bonds. The van der Waals surface area contributed by atoms with Crippen LogP contribution in [0.3, 0.4) is 0 Å². The fourth-order valence-corrected chi connectivity index (χ4v) is 4.25. The second-order valence-corrected chi connectivity index (χ2v) is 9.00. The van der Waals surface area contributed by atoms with Crippen LogP contribution in [0, 0.1) is 20.8 Å². The van der Waals surface area contributed by atoms with Gasteiger partial charge in [0, 0.05) is 17.7 Å². The number of carbonyl (C=O) groups excluding carboxylic acids is 2. The summed E-state index contributed by atoms with van der Waals surface area (Å²) < 4.78 is 21.2. The van der Waals surface area contributed by atoms with Crippen molar-refractivity contribution in [2.45, 2.75) is 44.9 Å². The highest BCUT2D eigenvalue weighted by Crippen LogP contribution is 2.33. The van der Waals surface area contributed by atoms with Crippen molar-refractivity contribution in [3.05, 3.63) is 52.1 Å². The van der Waals surface area contributed by atoms with E-state index in [0.717, 1.165) is 11.1 Å². The first kappa shape index (κ1) is 28.2. The summed E-state index contributed by atoms with van der Waals surface area (Å²) in [4.78, 5) is 25.4. The number of nitrogens with one attached hydrogen (secondary N) is 2. The molecule has 0 spiro atoms. The molecule has 2 aromatic rings. The van der Waals surface area contributed by atoms with Crippen LogP contribution >= 0.6 is 0 Å². The van der Waals surface area contributed by atoms with E-state index in [2.05, 4.69) is 10.6 Å². The molecule has 1 aliphatic heterocycles. The highest BCUT2D eigenvalue weighted by atomic mass is 16.6. The van der Waals surface area contributed by atoms with Gasteiger partial charge in [-0.3, -0.25) is 9.59 Å². The molecule has 0 saturated carbocycles. The van der Waals surface area contributed by atoms with E-state index >= 15 is 0 Å². The minimum absolute atomic E-state index is 0.197. The third-order valence-electron chi connectivity index (χ3n) is 6.62. The van der Waals surface area contributed by atoms with Gasteiger partial charge >= 0.3 is 0 Å². The third kappa shape index (κ3) is 5.64. The second kappa shape index (κ2) is 11.3. The fourth-order valence-electron chi connectivity index (χ4n) is 4.25. The maximum atomic E-state index is 12.7. The highest BCUT2D eigenvalue weighted by Gasteiger charge is 2.55. The number of aliphatic hydroxyl groups excluding tert-OH is 2. The quantitative estimate of drug-likeness (QED) is 0.321. The first-order valence-corrected chi connectivity index (χ1v) is 11.6. The van der Waals surface area contributed by atoms with Crippen LogP contribution in [0.5, 0.6) is 17.2 Å². The summed E-state index contributed by atoms with van der Waals surface area (Å²) >= 11 is 0. The molecule has 2 aromatic carbocycles. The van der Waals surface area contributed by atoms with Gasteiger partial charge in [-0.05, 0) is 61.7 Å². The molecule has 37 heavy (non-hydrogen) atoms. The average molecular weight is 519 g/mol. The number of carbonyl (C=O) groups is 2. The molecule has 0 radical (unpaired) electrons. The predicted molar refractivity (Wildman–Crippen MR) is 133 cm³/mol. The number of hydrogen-bond acceptors (Lipinski definition) is 9. The summed E-state index contributed by atoms with van der Waals surface area (Å²) in [7, 11) is 4.44. The molecule has 0 aromatic heterocycles. The lowest BCUT2D eigenvalue weighted by Gasteiger charge is -2.28. The Labute approximate surface area is 215 Å². The van der Waals surface area contributed by atoms with E-state index in [9.17, 15) is 24.9 Å². The molecule has 202 valence electrons. The lowest BCUT2D eigenvalue weighted by atomic mass is 9.94. The number of aryl methyl sites for hydroxylation is 2. The van der Waals surface area contributed by atoms with Crippen molar-refractivity contribution in [3.8, 4) is 17.2 Å². The molecule has 1 saturated heterocycles. The predicted octanol–water partition coefficient (Wildman–Crippen LogP) is 0.607. The van der Waals surface area contributed by atoms with E-state index in [4.69, 9.17) is 18.9 Å². The van der Waals surface area contributed by atoms with Crippen molar-refractivity contribution in [3.63, 3.8) is 0 Å². The van der Waals surface area contributed by atoms with E-state index < -0.39 is 42.5 Å². The van der Waals surface area contributed by atoms with Gasteiger partial charge in [0.25, 0.3) is 11.8 Å². The zero-order chi connectivity index (χ0) is 27.5. The number of benzene rings is 2. The minimum Gasteiger partial charge on any atom is -0.496 e. The van der Waals surface area contributed by atoms with Gasteiger partial charge < -0.3 is 44.9 Å². The van der Waals surface area contributed by atoms with E-state index in [1.807, 2.05) is 13.8 Å². The Kier molecular flexibility index (Phi) is 8.64. The van der Waals surface area contributed by atoms with Crippen molar-refractivity contribution in [2.75, 3.05) is 34.4 Å². The summed E-state index contributed by atoms with van der Waals surface area (Å²) in [5, 5.41) is 37.1. The normalized spacial score (nSPS) is 22.9. The van der Waals surface area contributed by atoms with E-state index in [-0.39, 0.29) is 12.1 Å². The summed E-state index contributed by atoms with van der Waals surface area (Å²) in [5.41, 5.74) is 0.807. The second-order valence-electron chi connectivity index (χ2n) is 9.00. The number of hydrogen-bond donors (Lipinski definition) is 5. The lowest BCUT2D eigenvalue weighted by molar-refractivity contribution is -0.172. The zero-order valence-electron chi connectivity index (χ0n) is 21.7. The Morgan fingerprint density at radius 2 is 1.46 bits per heavy atom. The maximum Gasteiger partial charge on any atom is 0.251 e. The van der Waals surface area contributed by atoms with Crippen molar-refractivity contribution in [1.82, 2.24) is 10.6 Å². The van der Waals surface area contributed by atoms with E-state index in [1.165, 1.54) is 27.4 Å². The van der Waals surface area contributed by atoms with Crippen molar-refractivity contribution in [1.29, 1.82) is 0 Å². The number of amides is 2. The monoisotopic (exact) mass is 518 g/mol. The molecule has 5 N–H and O–H groups in total. The largest absolute Gasteiger partial charge is 0.496 e. The van der Waals surface area contributed by atoms with Crippen LogP contribution < -0.4 is 24.8 Å². The molecule has 0 bridgehead atoms. The fraction of sp³-hybridized carbons (Fsp3) is 0.462. The minimum atomic E-state index is -2.21. The summed E-state index contributed by atoms with van der Waals surface area (Å²) in [6.07, 6.45) is -4.54. The molecule has 1 heterocycles. The molecule has 11 nitrogen and oxygen atoms in total. The van der Waals surface area contributed by atoms with Gasteiger partial charge in [-0.25, -0.2) is 0 Å². The molecule has 0 aliphatic carbocycles. The molecule has 4 atom stereocenters. The van der Waals surface area contributed by atoms with Crippen LogP contribution in [0.15, 0.2) is 24.3 Å². The maximum absolute atomic E-state index is 12.7. The van der Waals surface area contributed by atoms with Gasteiger partial charge in [0.1, 0.15) is 18.0 Å². The Bertz CT molecular complexity index is 1170. The Morgan fingerprint density at radius 1 is 0.892 bits per heavy atom. The lowest BCUT2D eigenvalue weighted by Crippen LogP contribution is -2.56. The number of aliphatic hydroxyl groups is 3. The van der Waals surface area contributed by atoms with Gasteiger partial charge in [0.05, 0.1) is 27.9 Å². The number of rotatable bonds is 9. The average Bonchev–Trinajstić information content (AvgIpc) is 3.10. The first-order valence-electron chi connectivity index (χ1n) is 11.6. The van der Waals surface area contributed by atoms with Crippen LogP contribution in [0.4, 0.5) is 0 Å². The van der Waals surface area contributed by atoms with Crippen LogP contribution in [-0.4, -0.2) is 85.7 Å². The summed E-state index contributed by atoms with van der Waals surface area (Å²) in [5.74, 6) is 0.383. The number of ether oxygens (including phenoxy) is 4. The van der Waals surface area contributed by atoms with Crippen molar-refractivity contribution in [2.24, 2.45) is 0 Å². The molecule has 3 rings (SSSR count). The zero-order valence-corrected chi connectivity index (χ0v) is 21.7. The molecule has 1 aliphatic rings. The van der Waals surface area contributed by atoms with Crippen LogP contribution in [0.2, 0.25) is 0 Å². The highest BCUT2D eigenvalue weighted by molar-refractivity contribution is 5.95. The van der Waals surface area contributed by atoms with Gasteiger partial charge in [-0.15, -0.1) is 0 Å². The molecule has 11 heteroatoms. The summed E-state index contributed by atoms with van der Waals surface area (Å²) in [6, 6.07) is 6.36. The summed E-state index contributed by atoms with van der Waals surface area (Å²) in [6.45, 7) is 4.77. The topological polar surface area (TPSA) is 156 Å². The standard InChI is InChI=1S/C26H34N2O9/c1-13-7-16(9-18(34-4)15(13)3)23(30)27-11-20-22(29)26(33,25(32)37-20)12-28-24(31)17-8-14(2)21(36-6)19(10-17)35-5/h7-10,20,22,25,29,32-33H,11-12H2,1-6H3,(H,27,30)(H,28,31)/t20-,22-,25?,26-/m1/s1. The number of methoxy groups -OCH3 is 3. The first-order chi connectivity index (χ1) is 17.5. The molecular weight excluding hydrogens is 484 g/mol. The van der Waals surface area contributed by atoms with Crippen LogP contribution in [-0.2, 0) is 4.74 Å². The van der Waals surface area contributed by atoms with Gasteiger partial charge in [0.2, 0.25) is 0 Å². The molecular formula is C26H34N2O9. The third-order valence-corrected chi connectivity index (χ3v) is 6.62. The van der Waals surface area contributed by atoms with Crippen LogP contribution in [0.1, 0.15) is 37.4 Å². The molecule has 1 unspecified atom stereocenters. The van der Waals surface area contributed by atoms with E-state index in [1.54, 1.807) is 25.1 Å². The SMILES string of the molecule is COc1cc(C(=O)NC[C@H]2OC(O)[C@@](O)(CNC(=O)c3cc(C)c(OC)c(OC)c3)[C@@H]2O)cc(C)c1C. The van der Waals surface area contributed by atoms with Crippen molar-refractivity contribution < 1.29 is 43.9 Å². The Balaban J connectivity index is 1.65. The van der Waals surface area contributed by atoms with Crippen LogP contribution in [0.25, 0.3) is 0 Å². The Hall–Kier alpha value is -3.38. The Morgan fingerprint density at radius 3 is 2.05 bits per heavy atom. The smallest absolute Gasteiger partial charge is 0.251 e. The molecule has 1 fully saturated rings. The van der Waals surface area contributed by atoms with Gasteiger partial charge in [-0.1, -0.05) is 0 Å². The van der Waals surface area contributed by atoms with Crippen molar-refractivity contribution >= 4 is 11.8 Å².